The van der Waals surface area contributed by atoms with Gasteiger partial charge in [0.2, 0.25) is 11.0 Å². The Balaban J connectivity index is 1.30. The van der Waals surface area contributed by atoms with Gasteiger partial charge in [0.15, 0.2) is 5.96 Å². The average molecular weight is 414 g/mol. The number of fused-ring (bicyclic) bond motifs is 1. The van der Waals surface area contributed by atoms with E-state index in [9.17, 15) is 4.79 Å². The van der Waals surface area contributed by atoms with Gasteiger partial charge in [-0.25, -0.2) is 4.98 Å². The van der Waals surface area contributed by atoms with Crippen LogP contribution in [-0.4, -0.2) is 72.4 Å². The van der Waals surface area contributed by atoms with E-state index in [0.717, 1.165) is 68.2 Å². The van der Waals surface area contributed by atoms with Crippen molar-refractivity contribution in [2.24, 2.45) is 4.99 Å². The summed E-state index contributed by atoms with van der Waals surface area (Å²) in [6.07, 6.45) is 1.78. The van der Waals surface area contributed by atoms with E-state index in [1.807, 2.05) is 23.1 Å². The van der Waals surface area contributed by atoms with Crippen molar-refractivity contribution in [2.45, 2.75) is 19.8 Å². The third kappa shape index (κ3) is 4.19. The molecule has 0 bridgehead atoms. The Morgan fingerprint density at radius 2 is 2.00 bits per heavy atom. The minimum Gasteiger partial charge on any atom is -0.347 e. The predicted molar refractivity (Wildman–Crippen MR) is 117 cm³/mol. The molecule has 1 amide bonds. The Labute approximate surface area is 175 Å². The Kier molecular flexibility index (Phi) is 5.94. The summed E-state index contributed by atoms with van der Waals surface area (Å²) >= 11 is 1.47. The molecule has 0 radical (unpaired) electrons. The molecule has 2 aliphatic rings. The Bertz CT molecular complexity index is 888. The van der Waals surface area contributed by atoms with Gasteiger partial charge < -0.3 is 20.0 Å². The quantitative estimate of drug-likeness (QED) is 0.603. The molecule has 1 aromatic carbocycles. The molecule has 9 heteroatoms. The summed E-state index contributed by atoms with van der Waals surface area (Å²) < 4.78 is 4.38. The van der Waals surface area contributed by atoms with Crippen LogP contribution in [0.5, 0.6) is 0 Å². The molecule has 3 heterocycles. The van der Waals surface area contributed by atoms with Gasteiger partial charge in [-0.15, -0.1) is 0 Å². The maximum atomic E-state index is 12.7. The van der Waals surface area contributed by atoms with Crippen molar-refractivity contribution in [3.05, 3.63) is 35.7 Å². The van der Waals surface area contributed by atoms with Crippen LogP contribution in [0.25, 0.3) is 0 Å². The van der Waals surface area contributed by atoms with Crippen molar-refractivity contribution in [2.75, 3.05) is 56.1 Å². The lowest BCUT2D eigenvalue weighted by Crippen LogP contribution is -2.54. The number of piperazine rings is 1. The highest BCUT2D eigenvalue weighted by atomic mass is 32.1. The zero-order chi connectivity index (χ0) is 20.2. The Hall–Kier alpha value is -2.68. The molecule has 1 saturated heterocycles. The summed E-state index contributed by atoms with van der Waals surface area (Å²) in [4.78, 5) is 28.1. The van der Waals surface area contributed by atoms with Crippen LogP contribution < -0.4 is 15.1 Å². The standard InChI is InChI=1S/C20H27N7OS/c1-3-17-23-20(29-24-17)26-12-10-25(11-13-26)19(21-2)22-14-18(28)27-9-8-15-6-4-5-7-16(15)27/h4-7H,3,8-14H2,1-2H3,(H,21,22). The number of para-hydroxylation sites is 1. The lowest BCUT2D eigenvalue weighted by atomic mass is 10.2. The maximum absolute atomic E-state index is 12.7. The molecule has 0 atom stereocenters. The third-order valence-electron chi connectivity index (χ3n) is 5.42. The fourth-order valence-corrected chi connectivity index (χ4v) is 4.61. The lowest BCUT2D eigenvalue weighted by Gasteiger charge is -2.36. The second kappa shape index (κ2) is 8.77. The van der Waals surface area contributed by atoms with Crippen molar-refractivity contribution in [1.29, 1.82) is 0 Å². The van der Waals surface area contributed by atoms with Gasteiger partial charge in [0.1, 0.15) is 5.82 Å². The van der Waals surface area contributed by atoms with E-state index in [0.29, 0.717) is 0 Å². The first-order valence-electron chi connectivity index (χ1n) is 10.1. The second-order valence-corrected chi connectivity index (χ2v) is 7.88. The van der Waals surface area contributed by atoms with Gasteiger partial charge in [0.05, 0.1) is 6.54 Å². The molecule has 0 aliphatic carbocycles. The molecule has 2 aromatic rings. The first kappa shape index (κ1) is 19.6. The minimum absolute atomic E-state index is 0.0793. The van der Waals surface area contributed by atoms with Crippen molar-refractivity contribution in [1.82, 2.24) is 19.6 Å². The van der Waals surface area contributed by atoms with Gasteiger partial charge in [-0.1, -0.05) is 25.1 Å². The third-order valence-corrected chi connectivity index (χ3v) is 6.24. The highest BCUT2D eigenvalue weighted by Gasteiger charge is 2.26. The molecule has 1 fully saturated rings. The number of nitrogens with zero attached hydrogens (tertiary/aromatic N) is 6. The number of hydrogen-bond donors (Lipinski definition) is 1. The summed E-state index contributed by atoms with van der Waals surface area (Å²) in [7, 11) is 1.77. The van der Waals surface area contributed by atoms with E-state index in [1.165, 1.54) is 17.1 Å². The SMILES string of the molecule is CCc1nsc(N2CCN(C(=NC)NCC(=O)N3CCc4ccccc43)CC2)n1. The summed E-state index contributed by atoms with van der Waals surface area (Å²) in [5.41, 5.74) is 2.27. The van der Waals surface area contributed by atoms with E-state index in [1.54, 1.807) is 7.05 Å². The smallest absolute Gasteiger partial charge is 0.246 e. The van der Waals surface area contributed by atoms with Crippen LogP contribution in [0.15, 0.2) is 29.3 Å². The molecule has 0 spiro atoms. The fourth-order valence-electron chi connectivity index (χ4n) is 3.81. The average Bonchev–Trinajstić information content (AvgIpc) is 3.42. The number of guanidine groups is 1. The molecular formula is C20H27N7OS. The largest absolute Gasteiger partial charge is 0.347 e. The number of nitrogens with one attached hydrogen (secondary N) is 1. The van der Waals surface area contributed by atoms with Crippen molar-refractivity contribution in [3.63, 3.8) is 0 Å². The normalized spacial score (nSPS) is 16.9. The summed E-state index contributed by atoms with van der Waals surface area (Å²) in [6.45, 7) is 6.47. The zero-order valence-corrected chi connectivity index (χ0v) is 17.8. The molecule has 0 unspecified atom stereocenters. The van der Waals surface area contributed by atoms with E-state index in [4.69, 9.17) is 0 Å². The van der Waals surface area contributed by atoms with Crippen LogP contribution in [0.3, 0.4) is 0 Å². The maximum Gasteiger partial charge on any atom is 0.246 e. The van der Waals surface area contributed by atoms with Crippen LogP contribution >= 0.6 is 11.5 Å². The first-order chi connectivity index (χ1) is 14.2. The van der Waals surface area contributed by atoms with Gasteiger partial charge in [0, 0.05) is 63.4 Å². The van der Waals surface area contributed by atoms with Crippen LogP contribution in [0.2, 0.25) is 0 Å². The van der Waals surface area contributed by atoms with E-state index in [-0.39, 0.29) is 12.5 Å². The Morgan fingerprint density at radius 1 is 1.21 bits per heavy atom. The summed E-state index contributed by atoms with van der Waals surface area (Å²) in [5, 5.41) is 4.25. The number of rotatable bonds is 4. The number of aromatic nitrogens is 2. The van der Waals surface area contributed by atoms with Crippen molar-refractivity contribution in [3.8, 4) is 0 Å². The van der Waals surface area contributed by atoms with E-state index in [2.05, 4.69) is 42.5 Å². The van der Waals surface area contributed by atoms with Crippen molar-refractivity contribution >= 4 is 34.2 Å². The van der Waals surface area contributed by atoms with Crippen LogP contribution in [-0.2, 0) is 17.6 Å². The summed E-state index contributed by atoms with van der Waals surface area (Å²) in [5.74, 6) is 1.76. The molecule has 154 valence electrons. The number of carbonyl (C=O) groups is 1. The lowest BCUT2D eigenvalue weighted by molar-refractivity contribution is -0.117. The molecule has 8 nitrogen and oxygen atoms in total. The Morgan fingerprint density at radius 3 is 2.72 bits per heavy atom. The van der Waals surface area contributed by atoms with Crippen molar-refractivity contribution < 1.29 is 4.79 Å². The molecule has 0 saturated carbocycles. The molecule has 29 heavy (non-hydrogen) atoms. The first-order valence-corrected chi connectivity index (χ1v) is 10.9. The van der Waals surface area contributed by atoms with Gasteiger partial charge >= 0.3 is 0 Å². The van der Waals surface area contributed by atoms with Crippen LogP contribution in [0, 0.1) is 0 Å². The molecule has 4 rings (SSSR count). The second-order valence-electron chi connectivity index (χ2n) is 7.15. The van der Waals surface area contributed by atoms with Crippen LogP contribution in [0.4, 0.5) is 10.8 Å². The zero-order valence-electron chi connectivity index (χ0n) is 17.0. The number of hydrogen-bond acceptors (Lipinski definition) is 6. The van der Waals surface area contributed by atoms with Gasteiger partial charge in [-0.2, -0.15) is 4.37 Å². The number of aryl methyl sites for hydroxylation is 1. The number of aliphatic imine (C=N–C) groups is 1. The molecular weight excluding hydrogens is 386 g/mol. The topological polar surface area (TPSA) is 77.0 Å². The molecule has 1 aromatic heterocycles. The van der Waals surface area contributed by atoms with E-state index < -0.39 is 0 Å². The number of anilines is 2. The van der Waals surface area contributed by atoms with Crippen LogP contribution in [0.1, 0.15) is 18.3 Å². The summed E-state index contributed by atoms with van der Waals surface area (Å²) in [6, 6.07) is 8.12. The number of carbonyl (C=O) groups excluding carboxylic acids is 1. The van der Waals surface area contributed by atoms with Gasteiger partial charge in [0.25, 0.3) is 0 Å². The van der Waals surface area contributed by atoms with E-state index >= 15 is 0 Å². The monoisotopic (exact) mass is 413 g/mol. The number of benzene rings is 1. The fraction of sp³-hybridized carbons (Fsp3) is 0.500. The highest BCUT2D eigenvalue weighted by Crippen LogP contribution is 2.27. The van der Waals surface area contributed by atoms with Gasteiger partial charge in [-0.3, -0.25) is 9.79 Å². The number of amides is 1. The molecule has 1 N–H and O–H groups in total. The molecule has 2 aliphatic heterocycles. The predicted octanol–water partition coefficient (Wildman–Crippen LogP) is 1.39. The van der Waals surface area contributed by atoms with Gasteiger partial charge in [-0.05, 0) is 18.1 Å². The highest BCUT2D eigenvalue weighted by molar-refractivity contribution is 7.09. The minimum atomic E-state index is 0.0793.